The van der Waals surface area contributed by atoms with Gasteiger partial charge in [0.05, 0.1) is 11.2 Å². The number of aromatic nitrogens is 1. The Balaban J connectivity index is 1.20. The van der Waals surface area contributed by atoms with Gasteiger partial charge < -0.3 is 25.0 Å². The van der Waals surface area contributed by atoms with E-state index in [1.807, 2.05) is 12.1 Å². The number of nitrogens with zero attached hydrogens (tertiary/aromatic N) is 1. The third-order valence-corrected chi connectivity index (χ3v) is 10.1. The summed E-state index contributed by atoms with van der Waals surface area (Å²) in [6, 6.07) is 21.4. The van der Waals surface area contributed by atoms with E-state index in [-0.39, 0.29) is 18.0 Å². The van der Waals surface area contributed by atoms with Gasteiger partial charge in [0, 0.05) is 40.9 Å². The zero-order valence-electron chi connectivity index (χ0n) is 26.1. The van der Waals surface area contributed by atoms with Crippen LogP contribution in [0.5, 0.6) is 0 Å². The van der Waals surface area contributed by atoms with Gasteiger partial charge >= 0.3 is 5.97 Å². The smallest absolute Gasteiger partial charge is 0.328 e. The van der Waals surface area contributed by atoms with Gasteiger partial charge in [-0.15, -0.1) is 0 Å². The van der Waals surface area contributed by atoms with Gasteiger partial charge in [-0.05, 0) is 73.1 Å². The molecule has 1 aliphatic heterocycles. The van der Waals surface area contributed by atoms with Crippen molar-refractivity contribution in [2.45, 2.75) is 75.5 Å². The van der Waals surface area contributed by atoms with Crippen molar-refractivity contribution in [3.63, 3.8) is 0 Å². The summed E-state index contributed by atoms with van der Waals surface area (Å²) in [4.78, 5) is 38.5. The maximum absolute atomic E-state index is 14.0. The van der Waals surface area contributed by atoms with Crippen molar-refractivity contribution in [2.75, 3.05) is 12.4 Å². The third-order valence-electron chi connectivity index (χ3n) is 10.1. The standard InChI is InChI=1S/C38H39N3O5/c1-46-36-29-12-6-5-11-28(29)34-33(25-9-3-2-4-10-25)30-19-16-26(23-31(30)41(34)36)35(44)40-38(21-7-8-22-38)37(45)39-27-17-13-24(14-18-27)15-20-32(42)43/h5-6,11-20,23,25,36H,2-4,7-10,21-22H2,1H3,(H,39,45)(H,40,44)(H,42,43). The molecule has 2 saturated carbocycles. The average Bonchev–Trinajstić information content (AvgIpc) is 3.77. The minimum Gasteiger partial charge on any atom is -0.478 e. The molecule has 1 unspecified atom stereocenters. The molecular weight excluding hydrogens is 578 g/mol. The van der Waals surface area contributed by atoms with Crippen LogP contribution in [0.4, 0.5) is 5.69 Å². The summed E-state index contributed by atoms with van der Waals surface area (Å²) in [5.74, 6) is -1.08. The van der Waals surface area contributed by atoms with Crippen LogP contribution in [0, 0.1) is 0 Å². The highest BCUT2D eigenvalue weighted by atomic mass is 16.5. The van der Waals surface area contributed by atoms with Crippen molar-refractivity contribution >= 4 is 40.4 Å². The summed E-state index contributed by atoms with van der Waals surface area (Å²) < 4.78 is 8.37. The molecule has 8 heteroatoms. The van der Waals surface area contributed by atoms with E-state index >= 15 is 0 Å². The predicted molar refractivity (Wildman–Crippen MR) is 179 cm³/mol. The number of benzene rings is 3. The van der Waals surface area contributed by atoms with Gasteiger partial charge in [-0.25, -0.2) is 4.79 Å². The van der Waals surface area contributed by atoms with E-state index in [9.17, 15) is 14.4 Å². The molecule has 3 aromatic carbocycles. The van der Waals surface area contributed by atoms with Crippen molar-refractivity contribution in [3.05, 3.63) is 95.1 Å². The molecular formula is C38H39N3O5. The minimum atomic E-state index is -1.02. The second kappa shape index (κ2) is 12.2. The molecule has 3 N–H and O–H groups in total. The molecule has 0 bridgehead atoms. The Morgan fingerprint density at radius 2 is 1.67 bits per heavy atom. The normalized spacial score (nSPS) is 18.8. The maximum atomic E-state index is 14.0. The highest BCUT2D eigenvalue weighted by Gasteiger charge is 2.43. The highest BCUT2D eigenvalue weighted by Crippen LogP contribution is 2.51. The van der Waals surface area contributed by atoms with Gasteiger partial charge in [0.1, 0.15) is 5.54 Å². The number of hydrogen-bond donors (Lipinski definition) is 3. The van der Waals surface area contributed by atoms with Crippen LogP contribution >= 0.6 is 0 Å². The first-order chi connectivity index (χ1) is 22.4. The molecule has 1 aromatic heterocycles. The zero-order chi connectivity index (χ0) is 31.8. The number of hydrogen-bond acceptors (Lipinski definition) is 4. The first kappa shape index (κ1) is 30.0. The molecule has 3 aliphatic rings. The van der Waals surface area contributed by atoms with Crippen molar-refractivity contribution in [3.8, 4) is 11.3 Å². The van der Waals surface area contributed by atoms with Gasteiger partial charge in [-0.3, -0.25) is 9.59 Å². The van der Waals surface area contributed by atoms with Gasteiger partial charge in [0.25, 0.3) is 5.91 Å². The lowest BCUT2D eigenvalue weighted by molar-refractivity contribution is -0.131. The average molecular weight is 618 g/mol. The Morgan fingerprint density at radius 3 is 2.39 bits per heavy atom. The van der Waals surface area contributed by atoms with E-state index in [1.165, 1.54) is 47.5 Å². The molecule has 0 radical (unpaired) electrons. The van der Waals surface area contributed by atoms with Crippen molar-refractivity contribution < 1.29 is 24.2 Å². The number of nitrogens with one attached hydrogen (secondary N) is 2. The molecule has 8 nitrogen and oxygen atoms in total. The molecule has 0 spiro atoms. The number of rotatable bonds is 8. The van der Waals surface area contributed by atoms with E-state index in [2.05, 4.69) is 45.5 Å². The van der Waals surface area contributed by atoms with Crippen LogP contribution in [0.3, 0.4) is 0 Å². The lowest BCUT2D eigenvalue weighted by Crippen LogP contribution is -2.55. The predicted octanol–water partition coefficient (Wildman–Crippen LogP) is 7.64. The number of amides is 2. The number of carbonyl (C=O) groups excluding carboxylic acids is 2. The highest BCUT2D eigenvalue weighted by molar-refractivity contribution is 6.06. The van der Waals surface area contributed by atoms with Crippen molar-refractivity contribution in [2.24, 2.45) is 0 Å². The SMILES string of the molecule is COC1c2ccccc2-c2c(C3CCCCC3)c3ccc(C(=O)NC4(C(=O)Nc5ccc(C=CC(=O)O)cc5)CCCC4)cc3n21. The van der Waals surface area contributed by atoms with Crippen LogP contribution in [0.15, 0.2) is 72.8 Å². The topological polar surface area (TPSA) is 110 Å². The Kier molecular flexibility index (Phi) is 7.99. The molecule has 2 heterocycles. The maximum Gasteiger partial charge on any atom is 0.328 e. The van der Waals surface area contributed by atoms with Crippen molar-refractivity contribution in [1.82, 2.24) is 9.88 Å². The second-order valence-electron chi connectivity index (χ2n) is 12.9. The number of fused-ring (bicyclic) bond motifs is 5. The molecule has 4 aromatic rings. The molecule has 0 saturated heterocycles. The number of methoxy groups -OCH3 is 1. The van der Waals surface area contributed by atoms with Crippen molar-refractivity contribution in [1.29, 1.82) is 0 Å². The Bertz CT molecular complexity index is 1840. The Labute approximate surface area is 268 Å². The lowest BCUT2D eigenvalue weighted by atomic mass is 9.81. The first-order valence-electron chi connectivity index (χ1n) is 16.3. The number of aliphatic carboxylic acids is 1. The van der Waals surface area contributed by atoms with Crippen LogP contribution in [-0.4, -0.2) is 40.1 Å². The van der Waals surface area contributed by atoms with Crippen LogP contribution in [-0.2, 0) is 14.3 Å². The van der Waals surface area contributed by atoms with Gasteiger partial charge in [-0.1, -0.05) is 74.6 Å². The van der Waals surface area contributed by atoms with Gasteiger partial charge in [0.15, 0.2) is 6.23 Å². The third kappa shape index (κ3) is 5.30. The quantitative estimate of drug-likeness (QED) is 0.176. The molecule has 1 atom stereocenters. The fraction of sp³-hybridized carbons (Fsp3) is 0.342. The van der Waals surface area contributed by atoms with Crippen LogP contribution < -0.4 is 10.6 Å². The van der Waals surface area contributed by atoms with Crippen LogP contribution in [0.25, 0.3) is 28.2 Å². The number of ether oxygens (including phenoxy) is 1. The Morgan fingerprint density at radius 1 is 0.935 bits per heavy atom. The van der Waals surface area contributed by atoms with E-state index < -0.39 is 11.5 Å². The number of carbonyl (C=O) groups is 3. The number of carboxylic acids is 1. The fourth-order valence-electron chi connectivity index (χ4n) is 7.87. The number of anilines is 1. The number of carboxylic acid groups (broad SMARTS) is 1. The van der Waals surface area contributed by atoms with Gasteiger partial charge in [0.2, 0.25) is 5.91 Å². The fourth-order valence-corrected chi connectivity index (χ4v) is 7.87. The first-order valence-corrected chi connectivity index (χ1v) is 16.3. The van der Waals surface area contributed by atoms with E-state index in [1.54, 1.807) is 31.4 Å². The van der Waals surface area contributed by atoms with Gasteiger partial charge in [-0.2, -0.15) is 0 Å². The minimum absolute atomic E-state index is 0.244. The summed E-state index contributed by atoms with van der Waals surface area (Å²) in [6.45, 7) is 0. The summed E-state index contributed by atoms with van der Waals surface area (Å²) in [7, 11) is 1.74. The van der Waals surface area contributed by atoms with E-state index in [0.717, 1.165) is 42.8 Å². The monoisotopic (exact) mass is 617 g/mol. The largest absolute Gasteiger partial charge is 0.478 e. The summed E-state index contributed by atoms with van der Waals surface area (Å²) in [5, 5.41) is 16.2. The van der Waals surface area contributed by atoms with E-state index in [4.69, 9.17) is 9.84 Å². The summed E-state index contributed by atoms with van der Waals surface area (Å²) in [6.07, 6.45) is 11.1. The second-order valence-corrected chi connectivity index (χ2v) is 12.9. The Hall–Kier alpha value is -4.69. The van der Waals surface area contributed by atoms with E-state index in [0.29, 0.717) is 35.6 Å². The zero-order valence-corrected chi connectivity index (χ0v) is 26.1. The molecule has 2 aliphatic carbocycles. The molecule has 2 fully saturated rings. The molecule has 46 heavy (non-hydrogen) atoms. The summed E-state index contributed by atoms with van der Waals surface area (Å²) >= 11 is 0. The molecule has 7 rings (SSSR count). The summed E-state index contributed by atoms with van der Waals surface area (Å²) in [5.41, 5.74) is 6.68. The molecule has 236 valence electrons. The van der Waals surface area contributed by atoms with Crippen LogP contribution in [0.1, 0.15) is 97.0 Å². The van der Waals surface area contributed by atoms with Crippen LogP contribution in [0.2, 0.25) is 0 Å². The molecule has 2 amide bonds. The lowest BCUT2D eigenvalue weighted by Gasteiger charge is -2.29.